The molecule has 1 atom stereocenters. The van der Waals surface area contributed by atoms with Gasteiger partial charge in [0.05, 0.1) is 17.9 Å². The summed E-state index contributed by atoms with van der Waals surface area (Å²) in [5.74, 6) is 1.37. The molecular formula is C19H24N6O2. The first-order valence-corrected chi connectivity index (χ1v) is 9.55. The Balaban J connectivity index is 1.53. The lowest BCUT2D eigenvalue weighted by molar-refractivity contribution is -0.142. The first-order valence-electron chi connectivity index (χ1n) is 9.55. The average Bonchev–Trinajstić information content (AvgIpc) is 2.75. The number of piperidine rings is 1. The van der Waals surface area contributed by atoms with E-state index in [2.05, 4.69) is 25.3 Å². The Morgan fingerprint density at radius 3 is 2.81 bits per heavy atom. The van der Waals surface area contributed by atoms with E-state index in [1.54, 1.807) is 24.8 Å². The van der Waals surface area contributed by atoms with Crippen molar-refractivity contribution in [2.75, 3.05) is 25.1 Å². The minimum atomic E-state index is -0.000461. The molecule has 142 valence electrons. The van der Waals surface area contributed by atoms with Crippen LogP contribution in [0.4, 0.5) is 11.8 Å². The molecule has 4 rings (SSSR count). The summed E-state index contributed by atoms with van der Waals surface area (Å²) in [5, 5.41) is 3.08. The molecule has 2 saturated heterocycles. The summed E-state index contributed by atoms with van der Waals surface area (Å²) in [6.45, 7) is 2.14. The Hall–Kier alpha value is -2.61. The monoisotopic (exact) mass is 368 g/mol. The fraction of sp³-hybridized carbons (Fsp3) is 0.526. The molecule has 0 bridgehead atoms. The number of aromatic nitrogens is 4. The molecule has 0 spiro atoms. The van der Waals surface area contributed by atoms with Crippen molar-refractivity contribution in [3.8, 4) is 0 Å². The molecule has 1 N–H and O–H groups in total. The van der Waals surface area contributed by atoms with E-state index in [1.807, 2.05) is 11.0 Å². The molecule has 2 aromatic rings. The van der Waals surface area contributed by atoms with Crippen molar-refractivity contribution in [3.05, 3.63) is 36.5 Å². The number of nitrogens with zero attached hydrogens (tertiary/aromatic N) is 5. The topological polar surface area (TPSA) is 93.1 Å². The molecule has 2 aromatic heterocycles. The van der Waals surface area contributed by atoms with Gasteiger partial charge in [-0.2, -0.15) is 0 Å². The van der Waals surface area contributed by atoms with Crippen LogP contribution in [0, 0.1) is 5.92 Å². The summed E-state index contributed by atoms with van der Waals surface area (Å²) in [6.07, 6.45) is 11.3. The summed E-state index contributed by atoms with van der Waals surface area (Å²) in [7, 11) is 0. The Morgan fingerprint density at radius 1 is 1.11 bits per heavy atom. The van der Waals surface area contributed by atoms with Crippen LogP contribution in [0.25, 0.3) is 0 Å². The molecule has 1 unspecified atom stereocenters. The highest BCUT2D eigenvalue weighted by Gasteiger charge is 2.33. The second-order valence-electron chi connectivity index (χ2n) is 6.95. The SMILES string of the molecule is O=C(C1CCOCC1)N1CCCCC1c1ccnc(Nc2cnccn2)n1. The maximum absolute atomic E-state index is 13.1. The normalized spacial score (nSPS) is 21.0. The van der Waals surface area contributed by atoms with Gasteiger partial charge in [0.25, 0.3) is 0 Å². The highest BCUT2D eigenvalue weighted by molar-refractivity contribution is 5.79. The van der Waals surface area contributed by atoms with Crippen LogP contribution >= 0.6 is 0 Å². The first-order chi connectivity index (χ1) is 13.3. The van der Waals surface area contributed by atoms with Crippen molar-refractivity contribution in [3.63, 3.8) is 0 Å². The average molecular weight is 368 g/mol. The zero-order valence-electron chi connectivity index (χ0n) is 15.3. The largest absolute Gasteiger partial charge is 0.381 e. The van der Waals surface area contributed by atoms with Crippen molar-refractivity contribution < 1.29 is 9.53 Å². The lowest BCUT2D eigenvalue weighted by Crippen LogP contribution is -2.43. The highest BCUT2D eigenvalue weighted by atomic mass is 16.5. The molecule has 27 heavy (non-hydrogen) atoms. The number of carbonyl (C=O) groups excluding carboxylic acids is 1. The maximum Gasteiger partial charge on any atom is 0.228 e. The van der Waals surface area contributed by atoms with Crippen LogP contribution in [-0.4, -0.2) is 50.5 Å². The standard InChI is InChI=1S/C19H24N6O2/c26-18(14-5-11-27-12-6-14)25-10-2-1-3-16(25)15-4-7-22-19(23-15)24-17-13-20-8-9-21-17/h4,7-9,13-14,16H,1-3,5-6,10-12H2,(H,21,22,23,24). The molecule has 0 aromatic carbocycles. The van der Waals surface area contributed by atoms with Crippen LogP contribution in [0.3, 0.4) is 0 Å². The van der Waals surface area contributed by atoms with Gasteiger partial charge in [-0.05, 0) is 38.2 Å². The van der Waals surface area contributed by atoms with E-state index in [1.165, 1.54) is 0 Å². The van der Waals surface area contributed by atoms with Crippen LogP contribution in [-0.2, 0) is 9.53 Å². The van der Waals surface area contributed by atoms with Gasteiger partial charge < -0.3 is 15.0 Å². The number of nitrogens with one attached hydrogen (secondary N) is 1. The van der Waals surface area contributed by atoms with Crippen molar-refractivity contribution in [1.29, 1.82) is 0 Å². The fourth-order valence-electron chi connectivity index (χ4n) is 3.78. The fourth-order valence-corrected chi connectivity index (χ4v) is 3.78. The quantitative estimate of drug-likeness (QED) is 0.886. The zero-order valence-corrected chi connectivity index (χ0v) is 15.3. The predicted octanol–water partition coefficient (Wildman–Crippen LogP) is 2.49. The molecule has 1 amide bonds. The Kier molecular flexibility index (Phi) is 5.53. The van der Waals surface area contributed by atoms with Crippen LogP contribution in [0.1, 0.15) is 43.8 Å². The van der Waals surface area contributed by atoms with Gasteiger partial charge in [-0.3, -0.25) is 9.78 Å². The van der Waals surface area contributed by atoms with E-state index in [9.17, 15) is 4.79 Å². The van der Waals surface area contributed by atoms with E-state index >= 15 is 0 Å². The minimum Gasteiger partial charge on any atom is -0.381 e. The van der Waals surface area contributed by atoms with Crippen LogP contribution in [0.15, 0.2) is 30.9 Å². The van der Waals surface area contributed by atoms with Gasteiger partial charge in [-0.15, -0.1) is 0 Å². The Labute approximate surface area is 158 Å². The van der Waals surface area contributed by atoms with E-state index in [0.29, 0.717) is 25.0 Å². The van der Waals surface area contributed by atoms with Crippen molar-refractivity contribution in [2.45, 2.75) is 38.1 Å². The lowest BCUT2D eigenvalue weighted by Gasteiger charge is -2.38. The predicted molar refractivity (Wildman–Crippen MR) is 99.2 cm³/mol. The molecule has 2 fully saturated rings. The second-order valence-corrected chi connectivity index (χ2v) is 6.95. The van der Waals surface area contributed by atoms with Crippen molar-refractivity contribution in [1.82, 2.24) is 24.8 Å². The third kappa shape index (κ3) is 4.21. The Morgan fingerprint density at radius 2 is 2.00 bits per heavy atom. The van der Waals surface area contributed by atoms with Gasteiger partial charge in [0.1, 0.15) is 0 Å². The number of anilines is 2. The molecule has 8 heteroatoms. The van der Waals surface area contributed by atoms with Crippen LogP contribution in [0.5, 0.6) is 0 Å². The minimum absolute atomic E-state index is 0.000461. The van der Waals surface area contributed by atoms with Gasteiger partial charge in [-0.25, -0.2) is 15.0 Å². The van der Waals surface area contributed by atoms with Gasteiger partial charge in [-0.1, -0.05) is 0 Å². The first kappa shape index (κ1) is 17.8. The van der Waals surface area contributed by atoms with Crippen molar-refractivity contribution >= 4 is 17.7 Å². The van der Waals surface area contributed by atoms with Crippen LogP contribution < -0.4 is 5.32 Å². The van der Waals surface area contributed by atoms with Gasteiger partial charge in [0.2, 0.25) is 11.9 Å². The highest BCUT2D eigenvalue weighted by Crippen LogP contribution is 2.33. The number of carbonyl (C=O) groups is 1. The molecule has 2 aliphatic heterocycles. The third-order valence-corrected chi connectivity index (χ3v) is 5.18. The van der Waals surface area contributed by atoms with Crippen LogP contribution in [0.2, 0.25) is 0 Å². The second kappa shape index (κ2) is 8.39. The summed E-state index contributed by atoms with van der Waals surface area (Å²) < 4.78 is 5.41. The molecule has 8 nitrogen and oxygen atoms in total. The van der Waals surface area contributed by atoms with E-state index in [0.717, 1.165) is 44.3 Å². The molecule has 0 radical (unpaired) electrons. The molecule has 4 heterocycles. The molecule has 0 aliphatic carbocycles. The van der Waals surface area contributed by atoms with E-state index < -0.39 is 0 Å². The smallest absolute Gasteiger partial charge is 0.228 e. The summed E-state index contributed by atoms with van der Waals surface area (Å²) >= 11 is 0. The molecule has 2 aliphatic rings. The zero-order chi connectivity index (χ0) is 18.5. The lowest BCUT2D eigenvalue weighted by atomic mass is 9.93. The number of ether oxygens (including phenoxy) is 1. The number of amides is 1. The van der Waals surface area contributed by atoms with Gasteiger partial charge >= 0.3 is 0 Å². The van der Waals surface area contributed by atoms with E-state index in [-0.39, 0.29) is 17.9 Å². The van der Waals surface area contributed by atoms with Gasteiger partial charge in [0, 0.05) is 44.3 Å². The number of hydrogen-bond acceptors (Lipinski definition) is 7. The number of rotatable bonds is 4. The third-order valence-electron chi connectivity index (χ3n) is 5.18. The molecular weight excluding hydrogens is 344 g/mol. The Bertz CT molecular complexity index is 766. The molecule has 0 saturated carbocycles. The number of hydrogen-bond donors (Lipinski definition) is 1. The summed E-state index contributed by atoms with van der Waals surface area (Å²) in [6, 6.07) is 1.90. The van der Waals surface area contributed by atoms with Crippen molar-refractivity contribution in [2.24, 2.45) is 5.92 Å². The summed E-state index contributed by atoms with van der Waals surface area (Å²) in [4.78, 5) is 32.3. The van der Waals surface area contributed by atoms with Gasteiger partial charge in [0.15, 0.2) is 5.82 Å². The maximum atomic E-state index is 13.1. The number of likely N-dealkylation sites (tertiary alicyclic amines) is 1. The summed E-state index contributed by atoms with van der Waals surface area (Å²) in [5.41, 5.74) is 0.872. The van der Waals surface area contributed by atoms with E-state index in [4.69, 9.17) is 4.74 Å².